The predicted molar refractivity (Wildman–Crippen MR) is 138 cm³/mol. The topological polar surface area (TPSA) is 69.4 Å². The fraction of sp³-hybridized carbons (Fsp3) is 0.133. The molecule has 4 aromatic carbocycles. The largest absolute Gasteiger partial charge is 0.493 e. The molecule has 178 valence electrons. The zero-order valence-electron chi connectivity index (χ0n) is 20.1. The summed E-state index contributed by atoms with van der Waals surface area (Å²) in [6.45, 7) is 0.545. The third kappa shape index (κ3) is 3.58. The maximum atomic E-state index is 9.22. The van der Waals surface area contributed by atoms with Gasteiger partial charge in [0.25, 0.3) is 0 Å². The van der Waals surface area contributed by atoms with Crippen molar-refractivity contribution in [2.45, 2.75) is 12.5 Å². The minimum Gasteiger partial charge on any atom is -0.493 e. The lowest BCUT2D eigenvalue weighted by atomic mass is 9.82. The Hall–Kier alpha value is -4.58. The Labute approximate surface area is 208 Å². The van der Waals surface area contributed by atoms with Crippen LogP contribution in [0.3, 0.4) is 0 Å². The quantitative estimate of drug-likeness (QED) is 0.339. The van der Waals surface area contributed by atoms with Gasteiger partial charge in [-0.2, -0.15) is 0 Å². The van der Waals surface area contributed by atoms with Crippen LogP contribution in [0.4, 0.5) is 0 Å². The van der Waals surface area contributed by atoms with Gasteiger partial charge in [-0.05, 0) is 28.6 Å². The molecule has 5 aromatic rings. The maximum absolute atomic E-state index is 9.22. The number of nitrogens with one attached hydrogen (secondary N) is 1. The third-order valence-corrected chi connectivity index (χ3v) is 6.73. The van der Waals surface area contributed by atoms with Gasteiger partial charge in [-0.3, -0.25) is 5.41 Å². The van der Waals surface area contributed by atoms with E-state index in [1.165, 1.54) is 0 Å². The molecule has 0 saturated carbocycles. The number of rotatable bonds is 5. The van der Waals surface area contributed by atoms with Crippen LogP contribution >= 0.6 is 0 Å². The van der Waals surface area contributed by atoms with Gasteiger partial charge in [0.15, 0.2) is 11.5 Å². The monoisotopic (exact) mass is 475 g/mol. The first-order valence-corrected chi connectivity index (χ1v) is 11.8. The molecular weight excluding hydrogens is 450 g/mol. The predicted octanol–water partition coefficient (Wildman–Crippen LogP) is 5.87. The van der Waals surface area contributed by atoms with Crippen molar-refractivity contribution in [3.05, 3.63) is 119 Å². The first-order valence-electron chi connectivity index (χ1n) is 11.8. The molecule has 0 radical (unpaired) electrons. The van der Waals surface area contributed by atoms with E-state index in [1.807, 2.05) is 53.1 Å². The van der Waals surface area contributed by atoms with Gasteiger partial charge in [-0.25, -0.2) is 4.98 Å². The molecule has 0 bridgehead atoms. The summed E-state index contributed by atoms with van der Waals surface area (Å²) in [7, 11) is 3.26. The standard InChI is InChI=1S/C30H25N3O3/c1-34-24-15-13-21(16-25(24)35-2)26-23-14-12-20-10-6-7-11-22(20)28(23)36-30-27(26)29(31)33(18-32-30)17-19-8-4-3-5-9-19/h3-16,18,26,31H,17H2,1-2H3/t26-/m1/s1. The Morgan fingerprint density at radius 2 is 1.67 bits per heavy atom. The van der Waals surface area contributed by atoms with Gasteiger partial charge in [0.1, 0.15) is 17.6 Å². The number of methoxy groups -OCH3 is 2. The van der Waals surface area contributed by atoms with E-state index < -0.39 is 0 Å². The van der Waals surface area contributed by atoms with Crippen LogP contribution in [0, 0.1) is 5.41 Å². The summed E-state index contributed by atoms with van der Waals surface area (Å²) in [5, 5.41) is 11.3. The van der Waals surface area contributed by atoms with E-state index in [0.29, 0.717) is 29.4 Å². The second-order valence-electron chi connectivity index (χ2n) is 8.78. The van der Waals surface area contributed by atoms with Crippen molar-refractivity contribution in [1.29, 1.82) is 5.41 Å². The fourth-order valence-electron chi connectivity index (χ4n) is 4.98. The van der Waals surface area contributed by atoms with Crippen molar-refractivity contribution < 1.29 is 14.2 Å². The molecule has 0 saturated heterocycles. The minimum absolute atomic E-state index is 0.267. The summed E-state index contributed by atoms with van der Waals surface area (Å²) in [5.74, 6) is 2.25. The molecule has 6 heteroatoms. The molecule has 2 heterocycles. The highest BCUT2D eigenvalue weighted by Crippen LogP contribution is 2.48. The van der Waals surface area contributed by atoms with Crippen molar-refractivity contribution in [3.8, 4) is 23.1 Å². The van der Waals surface area contributed by atoms with Crippen LogP contribution in [0.15, 0.2) is 91.3 Å². The van der Waals surface area contributed by atoms with Gasteiger partial charge in [-0.1, -0.05) is 72.8 Å². The number of nitrogens with zero attached hydrogens (tertiary/aromatic N) is 2. The Morgan fingerprint density at radius 3 is 2.47 bits per heavy atom. The summed E-state index contributed by atoms with van der Waals surface area (Å²) in [6.07, 6.45) is 1.69. The van der Waals surface area contributed by atoms with E-state index in [9.17, 15) is 5.41 Å². The van der Waals surface area contributed by atoms with Gasteiger partial charge in [0, 0.05) is 16.9 Å². The number of benzene rings is 4. The van der Waals surface area contributed by atoms with Crippen LogP contribution in [0.2, 0.25) is 0 Å². The molecule has 0 fully saturated rings. The Kier molecular flexibility index (Phi) is 5.41. The SMILES string of the molecule is COc1ccc([C@@H]2c3ccc4ccccc4c3Oc3ncn(Cc4ccccc4)c(=N)c32)cc1OC. The third-order valence-electron chi connectivity index (χ3n) is 6.73. The molecule has 36 heavy (non-hydrogen) atoms. The maximum Gasteiger partial charge on any atom is 0.228 e. The van der Waals surface area contributed by atoms with E-state index in [0.717, 1.165) is 38.8 Å². The lowest BCUT2D eigenvalue weighted by Crippen LogP contribution is -2.30. The van der Waals surface area contributed by atoms with Crippen LogP contribution < -0.4 is 19.7 Å². The first kappa shape index (κ1) is 21.9. The first-order chi connectivity index (χ1) is 17.7. The lowest BCUT2D eigenvalue weighted by Gasteiger charge is -2.29. The molecule has 6 rings (SSSR count). The minimum atomic E-state index is -0.267. The fourth-order valence-corrected chi connectivity index (χ4v) is 4.98. The highest BCUT2D eigenvalue weighted by atomic mass is 16.5. The molecular formula is C30H25N3O3. The summed E-state index contributed by atoms with van der Waals surface area (Å²) < 4.78 is 19.4. The molecule has 6 nitrogen and oxygen atoms in total. The molecule has 0 spiro atoms. The molecule has 0 amide bonds. The molecule has 1 aliphatic rings. The van der Waals surface area contributed by atoms with E-state index in [4.69, 9.17) is 19.2 Å². The molecule has 1 atom stereocenters. The zero-order valence-corrected chi connectivity index (χ0v) is 20.1. The molecule has 1 N–H and O–H groups in total. The van der Waals surface area contributed by atoms with Gasteiger partial charge < -0.3 is 18.8 Å². The normalized spacial score (nSPS) is 14.0. The molecule has 0 aliphatic carbocycles. The lowest BCUT2D eigenvalue weighted by molar-refractivity contribution is 0.354. The Morgan fingerprint density at radius 1 is 0.889 bits per heavy atom. The van der Waals surface area contributed by atoms with Crippen molar-refractivity contribution in [2.75, 3.05) is 14.2 Å². The van der Waals surface area contributed by atoms with Crippen LogP contribution in [0.5, 0.6) is 23.1 Å². The summed E-state index contributed by atoms with van der Waals surface area (Å²) in [4.78, 5) is 4.70. The van der Waals surface area contributed by atoms with Gasteiger partial charge in [-0.15, -0.1) is 0 Å². The van der Waals surface area contributed by atoms with Gasteiger partial charge in [0.2, 0.25) is 5.88 Å². The summed E-state index contributed by atoms with van der Waals surface area (Å²) in [5.41, 5.74) is 4.15. The highest BCUT2D eigenvalue weighted by molar-refractivity contribution is 5.91. The van der Waals surface area contributed by atoms with E-state index in [2.05, 4.69) is 36.4 Å². The van der Waals surface area contributed by atoms with Crippen molar-refractivity contribution in [3.63, 3.8) is 0 Å². The smallest absolute Gasteiger partial charge is 0.228 e. The zero-order chi connectivity index (χ0) is 24.6. The average molecular weight is 476 g/mol. The van der Waals surface area contributed by atoms with Gasteiger partial charge >= 0.3 is 0 Å². The molecule has 0 unspecified atom stereocenters. The number of aromatic nitrogens is 2. The summed E-state index contributed by atoms with van der Waals surface area (Å²) >= 11 is 0. The number of hydrogen-bond acceptors (Lipinski definition) is 5. The molecule has 1 aromatic heterocycles. The van der Waals surface area contributed by atoms with Crippen molar-refractivity contribution in [2.24, 2.45) is 0 Å². The average Bonchev–Trinajstić information content (AvgIpc) is 2.93. The van der Waals surface area contributed by atoms with Crippen LogP contribution in [0.25, 0.3) is 10.8 Å². The highest BCUT2D eigenvalue weighted by Gasteiger charge is 2.33. The van der Waals surface area contributed by atoms with Crippen molar-refractivity contribution >= 4 is 10.8 Å². The number of ether oxygens (including phenoxy) is 3. The second-order valence-corrected chi connectivity index (χ2v) is 8.78. The van der Waals surface area contributed by atoms with E-state index in [-0.39, 0.29) is 5.92 Å². The van der Waals surface area contributed by atoms with Crippen LogP contribution in [-0.2, 0) is 6.54 Å². The van der Waals surface area contributed by atoms with Crippen molar-refractivity contribution in [1.82, 2.24) is 9.55 Å². The van der Waals surface area contributed by atoms with E-state index in [1.54, 1.807) is 20.5 Å². The second kappa shape index (κ2) is 8.89. The van der Waals surface area contributed by atoms with Crippen LogP contribution in [0.1, 0.15) is 28.2 Å². The molecule has 1 aliphatic heterocycles. The number of fused-ring (bicyclic) bond motifs is 4. The number of hydrogen-bond donors (Lipinski definition) is 1. The van der Waals surface area contributed by atoms with Gasteiger partial charge in [0.05, 0.1) is 26.3 Å². The van der Waals surface area contributed by atoms with Crippen LogP contribution in [-0.4, -0.2) is 23.8 Å². The summed E-state index contributed by atoms with van der Waals surface area (Å²) in [6, 6.07) is 28.4. The Balaban J connectivity index is 1.59. The Bertz CT molecular complexity index is 1640. The van der Waals surface area contributed by atoms with E-state index >= 15 is 0 Å².